The molecule has 1 aromatic heterocycles. The average molecular weight is 275 g/mol. The quantitative estimate of drug-likeness (QED) is 0.775. The van der Waals surface area contributed by atoms with Crippen molar-refractivity contribution in [3.05, 3.63) is 35.0 Å². The van der Waals surface area contributed by atoms with E-state index < -0.39 is 5.92 Å². The van der Waals surface area contributed by atoms with Crippen molar-refractivity contribution in [3.63, 3.8) is 0 Å². The van der Waals surface area contributed by atoms with Crippen LogP contribution >= 0.6 is 11.3 Å². The fourth-order valence-corrected chi connectivity index (χ4v) is 3.07. The molecule has 1 unspecified atom stereocenters. The summed E-state index contributed by atoms with van der Waals surface area (Å²) in [7, 11) is 0. The van der Waals surface area contributed by atoms with E-state index in [1.165, 1.54) is 23.5 Å². The van der Waals surface area contributed by atoms with Gasteiger partial charge in [0.2, 0.25) is 0 Å². The minimum Gasteiger partial charge on any atom is -0.292 e. The number of nitrogens with zero attached hydrogens (tertiary/aromatic N) is 1. The number of hydrogen-bond donors (Lipinski definition) is 0. The van der Waals surface area contributed by atoms with Gasteiger partial charge in [-0.05, 0) is 35.9 Å². The van der Waals surface area contributed by atoms with Crippen LogP contribution in [0.1, 0.15) is 29.9 Å². The molecule has 0 bridgehead atoms. The van der Waals surface area contributed by atoms with Crippen molar-refractivity contribution in [2.24, 2.45) is 11.8 Å². The molecule has 2 rings (SSSR count). The molecule has 0 saturated heterocycles. The van der Waals surface area contributed by atoms with Gasteiger partial charge in [0.1, 0.15) is 11.7 Å². The molecule has 0 N–H and O–H groups in total. The van der Waals surface area contributed by atoms with E-state index in [4.69, 9.17) is 5.26 Å². The molecule has 4 heteroatoms. The third-order valence-electron chi connectivity index (χ3n) is 2.90. The maximum atomic E-state index is 13.1. The van der Waals surface area contributed by atoms with Crippen molar-refractivity contribution >= 4 is 27.2 Å². The molecule has 0 saturated carbocycles. The molecule has 1 heterocycles. The van der Waals surface area contributed by atoms with Crippen molar-refractivity contribution in [1.82, 2.24) is 0 Å². The van der Waals surface area contributed by atoms with E-state index >= 15 is 0 Å². The molecule has 2 nitrogen and oxygen atoms in total. The number of halogens is 1. The van der Waals surface area contributed by atoms with Crippen molar-refractivity contribution in [2.75, 3.05) is 0 Å². The molecular formula is C15H14FNOS. The predicted octanol–water partition coefficient (Wildman–Crippen LogP) is 4.41. The number of carbonyl (C=O) groups is 1. The number of thiophene rings is 1. The lowest BCUT2D eigenvalue weighted by Crippen LogP contribution is -2.14. The highest BCUT2D eigenvalue weighted by molar-refractivity contribution is 7.20. The summed E-state index contributed by atoms with van der Waals surface area (Å²) in [6.07, 6.45) is 0.554. The van der Waals surface area contributed by atoms with Crippen LogP contribution in [0.3, 0.4) is 0 Å². The zero-order chi connectivity index (χ0) is 14.0. The van der Waals surface area contributed by atoms with E-state index in [1.807, 2.05) is 13.8 Å². The highest BCUT2D eigenvalue weighted by atomic mass is 32.1. The summed E-state index contributed by atoms with van der Waals surface area (Å²) < 4.78 is 13.9. The standard InChI is InChI=1S/C15H14FNOS/c1-9(2)5-11(8-17)15(18)14-6-10-3-4-12(16)7-13(10)19-14/h3-4,6-7,9,11H,5H2,1-2H3. The Morgan fingerprint density at radius 2 is 2.16 bits per heavy atom. The Hall–Kier alpha value is -1.73. The predicted molar refractivity (Wildman–Crippen MR) is 74.7 cm³/mol. The number of ketones is 1. The van der Waals surface area contributed by atoms with Gasteiger partial charge in [0, 0.05) is 4.70 Å². The van der Waals surface area contributed by atoms with Crippen LogP contribution in [0.2, 0.25) is 0 Å². The number of benzene rings is 1. The number of carbonyl (C=O) groups excluding carboxylic acids is 1. The third-order valence-corrected chi connectivity index (χ3v) is 4.02. The van der Waals surface area contributed by atoms with Crippen LogP contribution in [0.15, 0.2) is 24.3 Å². The molecule has 98 valence electrons. The molecule has 0 aliphatic rings. The number of nitriles is 1. The maximum Gasteiger partial charge on any atom is 0.189 e. The number of Topliss-reactive ketones (excluding diaryl/α,β-unsaturated/α-hetero) is 1. The SMILES string of the molecule is CC(C)CC(C#N)C(=O)c1cc2ccc(F)cc2s1. The van der Waals surface area contributed by atoms with Gasteiger partial charge in [-0.15, -0.1) is 11.3 Å². The summed E-state index contributed by atoms with van der Waals surface area (Å²) in [6.45, 7) is 3.97. The van der Waals surface area contributed by atoms with E-state index in [0.29, 0.717) is 17.2 Å². The van der Waals surface area contributed by atoms with Crippen molar-refractivity contribution < 1.29 is 9.18 Å². The lowest BCUT2D eigenvalue weighted by atomic mass is 9.94. The Morgan fingerprint density at radius 3 is 2.79 bits per heavy atom. The molecule has 0 radical (unpaired) electrons. The van der Waals surface area contributed by atoms with E-state index in [2.05, 4.69) is 6.07 Å². The molecular weight excluding hydrogens is 261 g/mol. The number of hydrogen-bond acceptors (Lipinski definition) is 3. The summed E-state index contributed by atoms with van der Waals surface area (Å²) in [5.74, 6) is -0.788. The lowest BCUT2D eigenvalue weighted by Gasteiger charge is -2.08. The fourth-order valence-electron chi connectivity index (χ4n) is 1.99. The van der Waals surface area contributed by atoms with E-state index in [0.717, 1.165) is 10.1 Å². The average Bonchev–Trinajstić information content (AvgIpc) is 2.77. The minimum absolute atomic E-state index is 0.155. The van der Waals surface area contributed by atoms with Crippen LogP contribution in [-0.2, 0) is 0 Å². The fraction of sp³-hybridized carbons (Fsp3) is 0.333. The van der Waals surface area contributed by atoms with Gasteiger partial charge < -0.3 is 0 Å². The zero-order valence-corrected chi connectivity index (χ0v) is 11.6. The van der Waals surface area contributed by atoms with Gasteiger partial charge >= 0.3 is 0 Å². The molecule has 2 aromatic rings. The van der Waals surface area contributed by atoms with Crippen LogP contribution in [0, 0.1) is 29.0 Å². The Morgan fingerprint density at radius 1 is 1.42 bits per heavy atom. The van der Waals surface area contributed by atoms with Crippen LogP contribution in [-0.4, -0.2) is 5.78 Å². The van der Waals surface area contributed by atoms with Gasteiger partial charge in [-0.25, -0.2) is 4.39 Å². The second-order valence-corrected chi connectivity index (χ2v) is 6.05. The second kappa shape index (κ2) is 5.50. The van der Waals surface area contributed by atoms with Crippen LogP contribution in [0.5, 0.6) is 0 Å². The first kappa shape index (κ1) is 13.7. The summed E-state index contributed by atoms with van der Waals surface area (Å²) in [5, 5.41) is 9.94. The maximum absolute atomic E-state index is 13.1. The lowest BCUT2D eigenvalue weighted by molar-refractivity contribution is 0.0941. The monoisotopic (exact) mass is 275 g/mol. The zero-order valence-electron chi connectivity index (χ0n) is 10.8. The van der Waals surface area contributed by atoms with Gasteiger partial charge in [-0.2, -0.15) is 5.26 Å². The first-order valence-electron chi connectivity index (χ1n) is 6.14. The summed E-state index contributed by atoms with van der Waals surface area (Å²) in [4.78, 5) is 12.8. The van der Waals surface area contributed by atoms with E-state index in [1.54, 1.807) is 12.1 Å². The Labute approximate surface area is 115 Å². The minimum atomic E-state index is -0.613. The molecule has 0 aliphatic carbocycles. The first-order valence-corrected chi connectivity index (χ1v) is 6.96. The van der Waals surface area contributed by atoms with Crippen LogP contribution in [0.25, 0.3) is 10.1 Å². The van der Waals surface area contributed by atoms with E-state index in [-0.39, 0.29) is 11.6 Å². The Kier molecular flexibility index (Phi) is 3.96. The molecule has 0 fully saturated rings. The van der Waals surface area contributed by atoms with Crippen molar-refractivity contribution in [1.29, 1.82) is 5.26 Å². The van der Waals surface area contributed by atoms with Crippen LogP contribution in [0.4, 0.5) is 4.39 Å². The van der Waals surface area contributed by atoms with Gasteiger partial charge in [-0.1, -0.05) is 19.9 Å². The summed E-state index contributed by atoms with van der Waals surface area (Å²) in [6, 6.07) is 8.26. The smallest absolute Gasteiger partial charge is 0.189 e. The number of fused-ring (bicyclic) bond motifs is 1. The van der Waals surface area contributed by atoms with Gasteiger partial charge in [0.15, 0.2) is 5.78 Å². The van der Waals surface area contributed by atoms with Gasteiger partial charge in [0.25, 0.3) is 0 Å². The second-order valence-electron chi connectivity index (χ2n) is 4.97. The normalized spacial score (nSPS) is 12.6. The number of rotatable bonds is 4. The topological polar surface area (TPSA) is 40.9 Å². The van der Waals surface area contributed by atoms with E-state index in [9.17, 15) is 9.18 Å². The molecule has 1 atom stereocenters. The Bertz CT molecular complexity index is 654. The van der Waals surface area contributed by atoms with Gasteiger partial charge in [-0.3, -0.25) is 4.79 Å². The highest BCUT2D eigenvalue weighted by Crippen LogP contribution is 2.29. The highest BCUT2D eigenvalue weighted by Gasteiger charge is 2.22. The Balaban J connectivity index is 2.33. The molecule has 0 aliphatic heterocycles. The third kappa shape index (κ3) is 2.99. The van der Waals surface area contributed by atoms with Gasteiger partial charge in [0.05, 0.1) is 10.9 Å². The summed E-state index contributed by atoms with van der Waals surface area (Å²) >= 11 is 1.25. The molecule has 1 aromatic carbocycles. The first-order chi connectivity index (χ1) is 9.01. The van der Waals surface area contributed by atoms with Crippen molar-refractivity contribution in [3.8, 4) is 6.07 Å². The van der Waals surface area contributed by atoms with Crippen LogP contribution < -0.4 is 0 Å². The summed E-state index contributed by atoms with van der Waals surface area (Å²) in [5.41, 5.74) is 0. The molecule has 19 heavy (non-hydrogen) atoms. The molecule has 0 amide bonds. The van der Waals surface area contributed by atoms with Crippen molar-refractivity contribution in [2.45, 2.75) is 20.3 Å². The largest absolute Gasteiger partial charge is 0.292 e. The molecule has 0 spiro atoms.